The van der Waals surface area contributed by atoms with Crippen LogP contribution in [0.1, 0.15) is 44.9 Å². The Balaban J connectivity index is 1.27. The van der Waals surface area contributed by atoms with Gasteiger partial charge in [0.15, 0.2) is 0 Å². The first kappa shape index (κ1) is 16.7. The maximum absolute atomic E-state index is 12.7. The molecule has 0 unspecified atom stereocenters. The molecule has 7 nitrogen and oxygen atoms in total. The number of nitro groups is 1. The summed E-state index contributed by atoms with van der Waals surface area (Å²) in [6.07, 6.45) is 9.52. The van der Waals surface area contributed by atoms with E-state index in [4.69, 9.17) is 0 Å². The highest BCUT2D eigenvalue weighted by Gasteiger charge is 2.51. The van der Waals surface area contributed by atoms with E-state index < -0.39 is 4.92 Å². The first-order valence-corrected chi connectivity index (χ1v) is 9.91. The predicted octanol–water partition coefficient (Wildman–Crippen LogP) is 3.42. The molecule has 27 heavy (non-hydrogen) atoms. The first-order valence-electron chi connectivity index (χ1n) is 9.91. The number of aromatic nitrogens is 2. The lowest BCUT2D eigenvalue weighted by molar-refractivity contribution is -0.384. The molecule has 6 rings (SSSR count). The summed E-state index contributed by atoms with van der Waals surface area (Å²) < 4.78 is 1.70. The van der Waals surface area contributed by atoms with Crippen LogP contribution in [0.25, 0.3) is 10.9 Å². The molecule has 1 N–H and O–H groups in total. The topological polar surface area (TPSA) is 90.1 Å². The Morgan fingerprint density at radius 1 is 1.22 bits per heavy atom. The van der Waals surface area contributed by atoms with Gasteiger partial charge in [-0.15, -0.1) is 0 Å². The summed E-state index contributed by atoms with van der Waals surface area (Å²) in [5.74, 6) is 2.47. The third-order valence-corrected chi connectivity index (χ3v) is 6.83. The smallest absolute Gasteiger partial charge is 0.271 e. The Labute approximate surface area is 157 Å². The number of nitro benzene ring substituents is 1. The standard InChI is InChI=1S/C20H24N4O3/c25-19(22-20-9-13-5-14(10-20)7-15(6-13)11-20)3-4-23-18-8-17(24(26)27)2-1-16(18)12-21-23/h1-2,8,12-15H,3-7,9-11H2,(H,22,25). The van der Waals surface area contributed by atoms with Crippen molar-refractivity contribution in [3.05, 3.63) is 34.5 Å². The molecule has 0 atom stereocenters. The molecule has 4 bridgehead atoms. The van der Waals surface area contributed by atoms with E-state index in [1.54, 1.807) is 16.9 Å². The Kier molecular flexibility index (Phi) is 3.74. The fourth-order valence-electron chi connectivity index (χ4n) is 6.18. The molecule has 4 aliphatic rings. The highest BCUT2D eigenvalue weighted by molar-refractivity contribution is 5.81. The Morgan fingerprint density at radius 3 is 2.52 bits per heavy atom. The maximum atomic E-state index is 12.7. The van der Waals surface area contributed by atoms with Gasteiger partial charge in [-0.2, -0.15) is 5.10 Å². The molecule has 7 heteroatoms. The summed E-state index contributed by atoms with van der Waals surface area (Å²) in [4.78, 5) is 23.3. The molecule has 0 radical (unpaired) electrons. The number of benzene rings is 1. The number of nitrogens with one attached hydrogen (secondary N) is 1. The number of rotatable bonds is 5. The summed E-state index contributed by atoms with van der Waals surface area (Å²) in [6, 6.07) is 4.71. The van der Waals surface area contributed by atoms with Crippen LogP contribution in [-0.2, 0) is 11.3 Å². The normalized spacial score (nSPS) is 31.3. The minimum atomic E-state index is -0.406. The molecular weight excluding hydrogens is 344 g/mol. The number of non-ortho nitro benzene ring substituents is 1. The van der Waals surface area contributed by atoms with Gasteiger partial charge in [0.1, 0.15) is 0 Å². The lowest BCUT2D eigenvalue weighted by Gasteiger charge is -2.56. The quantitative estimate of drug-likeness (QED) is 0.647. The van der Waals surface area contributed by atoms with Gasteiger partial charge in [-0.05, 0) is 62.3 Å². The third-order valence-electron chi connectivity index (χ3n) is 6.83. The fourth-order valence-corrected chi connectivity index (χ4v) is 6.18. The van der Waals surface area contributed by atoms with Crippen molar-refractivity contribution in [1.29, 1.82) is 0 Å². The van der Waals surface area contributed by atoms with Gasteiger partial charge in [0.2, 0.25) is 5.91 Å². The van der Waals surface area contributed by atoms with Crippen LogP contribution < -0.4 is 5.32 Å². The molecule has 1 heterocycles. The number of hydrogen-bond acceptors (Lipinski definition) is 4. The van der Waals surface area contributed by atoms with Crippen LogP contribution in [0.4, 0.5) is 5.69 Å². The molecule has 142 valence electrons. The van der Waals surface area contributed by atoms with Crippen LogP contribution in [0.5, 0.6) is 0 Å². The molecule has 4 aliphatic carbocycles. The largest absolute Gasteiger partial charge is 0.351 e. The van der Waals surface area contributed by atoms with Crippen molar-refractivity contribution < 1.29 is 9.72 Å². The molecule has 4 saturated carbocycles. The van der Waals surface area contributed by atoms with E-state index in [2.05, 4.69) is 10.4 Å². The zero-order valence-electron chi connectivity index (χ0n) is 15.3. The Bertz CT molecular complexity index is 884. The van der Waals surface area contributed by atoms with Crippen LogP contribution in [0.15, 0.2) is 24.4 Å². The maximum Gasteiger partial charge on any atom is 0.271 e. The number of hydrogen-bond donors (Lipinski definition) is 1. The van der Waals surface area contributed by atoms with Crippen LogP contribution in [0, 0.1) is 27.9 Å². The second-order valence-electron chi connectivity index (χ2n) is 8.86. The highest BCUT2D eigenvalue weighted by atomic mass is 16.6. The van der Waals surface area contributed by atoms with Gasteiger partial charge >= 0.3 is 0 Å². The van der Waals surface area contributed by atoms with Crippen LogP contribution in [-0.4, -0.2) is 26.1 Å². The molecule has 1 amide bonds. The van der Waals surface area contributed by atoms with Gasteiger partial charge in [0.25, 0.3) is 5.69 Å². The number of nitrogens with zero attached hydrogens (tertiary/aromatic N) is 3. The molecule has 0 saturated heterocycles. The monoisotopic (exact) mass is 368 g/mol. The number of fused-ring (bicyclic) bond motifs is 1. The lowest BCUT2D eigenvalue weighted by Crippen LogP contribution is -2.59. The van der Waals surface area contributed by atoms with Crippen LogP contribution in [0.2, 0.25) is 0 Å². The van der Waals surface area contributed by atoms with Gasteiger partial charge in [-0.3, -0.25) is 19.6 Å². The molecule has 0 aliphatic heterocycles. The number of amides is 1. The second-order valence-corrected chi connectivity index (χ2v) is 8.86. The van der Waals surface area contributed by atoms with E-state index >= 15 is 0 Å². The Hall–Kier alpha value is -2.44. The molecule has 1 aromatic heterocycles. The zero-order valence-corrected chi connectivity index (χ0v) is 15.3. The molecule has 4 fully saturated rings. The summed E-state index contributed by atoms with van der Waals surface area (Å²) in [6.45, 7) is 0.433. The molecule has 1 aromatic carbocycles. The van der Waals surface area contributed by atoms with Crippen molar-refractivity contribution in [2.45, 2.75) is 57.0 Å². The number of aryl methyl sites for hydroxylation is 1. The average molecular weight is 368 g/mol. The fraction of sp³-hybridized carbons (Fsp3) is 0.600. The van der Waals surface area contributed by atoms with Gasteiger partial charge in [0.05, 0.1) is 23.2 Å². The minimum absolute atomic E-state index is 0.0246. The van der Waals surface area contributed by atoms with Crippen molar-refractivity contribution in [2.75, 3.05) is 0 Å². The average Bonchev–Trinajstić information content (AvgIpc) is 3.00. The van der Waals surface area contributed by atoms with Crippen LogP contribution in [0.3, 0.4) is 0 Å². The van der Waals surface area contributed by atoms with E-state index in [0.717, 1.165) is 42.4 Å². The number of carbonyl (C=O) groups is 1. The lowest BCUT2D eigenvalue weighted by atomic mass is 9.53. The van der Waals surface area contributed by atoms with Gasteiger partial charge < -0.3 is 5.32 Å². The van der Waals surface area contributed by atoms with E-state index in [0.29, 0.717) is 18.5 Å². The first-order chi connectivity index (χ1) is 13.0. The van der Waals surface area contributed by atoms with Gasteiger partial charge in [-0.25, -0.2) is 0 Å². The predicted molar refractivity (Wildman–Crippen MR) is 100 cm³/mol. The van der Waals surface area contributed by atoms with E-state index in [-0.39, 0.29) is 17.1 Å². The van der Waals surface area contributed by atoms with Gasteiger partial charge in [0, 0.05) is 29.5 Å². The van der Waals surface area contributed by atoms with Crippen molar-refractivity contribution >= 4 is 22.5 Å². The summed E-state index contributed by atoms with van der Waals surface area (Å²) in [5, 5.41) is 19.5. The van der Waals surface area contributed by atoms with Crippen molar-refractivity contribution in [1.82, 2.24) is 15.1 Å². The second kappa shape index (κ2) is 6.04. The van der Waals surface area contributed by atoms with Crippen molar-refractivity contribution in [3.63, 3.8) is 0 Å². The van der Waals surface area contributed by atoms with Crippen LogP contribution >= 0.6 is 0 Å². The SMILES string of the molecule is O=C(CCn1ncc2ccc([N+](=O)[O-])cc21)NC12CC3CC(CC(C3)C1)C2. The molecule has 0 spiro atoms. The third kappa shape index (κ3) is 2.99. The van der Waals surface area contributed by atoms with Gasteiger partial charge in [-0.1, -0.05) is 0 Å². The van der Waals surface area contributed by atoms with E-state index in [1.165, 1.54) is 31.4 Å². The molecular formula is C20H24N4O3. The zero-order chi connectivity index (χ0) is 18.6. The summed E-state index contributed by atoms with van der Waals surface area (Å²) >= 11 is 0. The summed E-state index contributed by atoms with van der Waals surface area (Å²) in [7, 11) is 0. The summed E-state index contributed by atoms with van der Waals surface area (Å²) in [5.41, 5.74) is 0.769. The number of carbonyl (C=O) groups excluding carboxylic acids is 1. The molecule has 2 aromatic rings. The van der Waals surface area contributed by atoms with Crippen molar-refractivity contribution in [3.8, 4) is 0 Å². The van der Waals surface area contributed by atoms with Crippen molar-refractivity contribution in [2.24, 2.45) is 17.8 Å². The van der Waals surface area contributed by atoms with E-state index in [9.17, 15) is 14.9 Å². The minimum Gasteiger partial charge on any atom is -0.351 e. The Morgan fingerprint density at radius 2 is 1.89 bits per heavy atom. The highest BCUT2D eigenvalue weighted by Crippen LogP contribution is 2.55. The van der Waals surface area contributed by atoms with E-state index in [1.807, 2.05) is 0 Å².